The summed E-state index contributed by atoms with van der Waals surface area (Å²) in [6, 6.07) is 12.7. The first-order valence-electron chi connectivity index (χ1n) is 12.2. The third kappa shape index (κ3) is 5.19. The molecule has 3 aromatic rings. The van der Waals surface area contributed by atoms with Crippen molar-refractivity contribution < 1.29 is 9.18 Å². The Balaban J connectivity index is 1.72. The van der Waals surface area contributed by atoms with E-state index in [-0.39, 0.29) is 42.9 Å². The standard InChI is InChI=1S/C27H32FN5O3/c1-17(2)14-32(22(34)16-31-11-7-10-20-12-18(3)13-21(28)23(20)31)24-25(29)33(27(36)30-26(24)35)15-19-8-5-4-6-9-19/h4-6,8-9,12-13,17H,7,10-11,14-16,29H2,1-3H3,(H,30,35,36). The van der Waals surface area contributed by atoms with Crippen LogP contribution < -0.4 is 26.8 Å². The smallest absolute Gasteiger partial charge is 0.330 e. The van der Waals surface area contributed by atoms with Crippen LogP contribution in [-0.2, 0) is 17.8 Å². The number of hydrogen-bond donors (Lipinski definition) is 2. The van der Waals surface area contributed by atoms with Crippen molar-refractivity contribution in [1.82, 2.24) is 9.55 Å². The van der Waals surface area contributed by atoms with E-state index in [0.717, 1.165) is 29.5 Å². The zero-order valence-corrected chi connectivity index (χ0v) is 20.9. The summed E-state index contributed by atoms with van der Waals surface area (Å²) in [6.45, 7) is 6.45. The van der Waals surface area contributed by atoms with Gasteiger partial charge in [0.1, 0.15) is 11.6 Å². The highest BCUT2D eigenvalue weighted by atomic mass is 19.1. The SMILES string of the molecule is Cc1cc(F)c2c(c1)CCCN2CC(=O)N(CC(C)C)c1c(N)n(Cc2ccccc2)c(=O)[nH]c1=O. The predicted molar refractivity (Wildman–Crippen MR) is 140 cm³/mol. The number of aryl methyl sites for hydroxylation is 2. The maximum Gasteiger partial charge on any atom is 0.330 e. The quantitative estimate of drug-likeness (QED) is 0.527. The van der Waals surface area contributed by atoms with Crippen LogP contribution in [-0.4, -0.2) is 35.1 Å². The number of benzene rings is 2. The largest absolute Gasteiger partial charge is 0.383 e. The molecule has 0 saturated heterocycles. The van der Waals surface area contributed by atoms with Crippen LogP contribution >= 0.6 is 0 Å². The van der Waals surface area contributed by atoms with Crippen molar-refractivity contribution >= 4 is 23.1 Å². The van der Waals surface area contributed by atoms with Gasteiger partial charge in [0.05, 0.1) is 18.8 Å². The Hall–Kier alpha value is -3.88. The number of aromatic nitrogens is 2. The van der Waals surface area contributed by atoms with Crippen LogP contribution in [0.15, 0.2) is 52.1 Å². The molecule has 0 fully saturated rings. The second kappa shape index (κ2) is 10.4. The maximum atomic E-state index is 14.9. The average molecular weight is 494 g/mol. The summed E-state index contributed by atoms with van der Waals surface area (Å²) in [5.41, 5.74) is 7.89. The Morgan fingerprint density at radius 3 is 2.61 bits per heavy atom. The number of carbonyl (C=O) groups is 1. The molecule has 0 bridgehead atoms. The van der Waals surface area contributed by atoms with Gasteiger partial charge < -0.3 is 15.5 Å². The summed E-state index contributed by atoms with van der Waals surface area (Å²) in [5.74, 6) is -0.821. The molecule has 190 valence electrons. The van der Waals surface area contributed by atoms with Gasteiger partial charge in [-0.2, -0.15) is 0 Å². The van der Waals surface area contributed by atoms with Crippen molar-refractivity contribution in [2.75, 3.05) is 35.2 Å². The molecule has 36 heavy (non-hydrogen) atoms. The molecule has 4 rings (SSSR count). The molecular weight excluding hydrogens is 461 g/mol. The number of H-pyrrole nitrogens is 1. The Morgan fingerprint density at radius 1 is 1.19 bits per heavy atom. The second-order valence-corrected chi connectivity index (χ2v) is 9.74. The van der Waals surface area contributed by atoms with Gasteiger partial charge >= 0.3 is 5.69 Å². The highest BCUT2D eigenvalue weighted by molar-refractivity contribution is 5.98. The number of amides is 1. The Labute approximate surface area is 209 Å². The number of aromatic amines is 1. The molecule has 0 saturated carbocycles. The van der Waals surface area contributed by atoms with Crippen LogP contribution in [0.1, 0.15) is 37.0 Å². The Kier molecular flexibility index (Phi) is 7.28. The van der Waals surface area contributed by atoms with Gasteiger partial charge in [-0.15, -0.1) is 0 Å². The van der Waals surface area contributed by atoms with Crippen LogP contribution in [0.2, 0.25) is 0 Å². The molecule has 1 aromatic heterocycles. The first kappa shape index (κ1) is 25.2. The minimum Gasteiger partial charge on any atom is -0.383 e. The Morgan fingerprint density at radius 2 is 1.92 bits per heavy atom. The molecule has 8 nitrogen and oxygen atoms in total. The van der Waals surface area contributed by atoms with Gasteiger partial charge in [0.25, 0.3) is 5.56 Å². The highest BCUT2D eigenvalue weighted by Crippen LogP contribution is 2.31. The summed E-state index contributed by atoms with van der Waals surface area (Å²) in [4.78, 5) is 44.6. The molecule has 0 spiro atoms. The van der Waals surface area contributed by atoms with E-state index < -0.39 is 17.2 Å². The summed E-state index contributed by atoms with van der Waals surface area (Å²) in [7, 11) is 0. The van der Waals surface area contributed by atoms with Crippen molar-refractivity contribution in [2.24, 2.45) is 5.92 Å². The lowest BCUT2D eigenvalue weighted by Gasteiger charge is -2.34. The third-order valence-electron chi connectivity index (χ3n) is 6.32. The van der Waals surface area contributed by atoms with E-state index in [4.69, 9.17) is 5.73 Å². The number of halogens is 1. The number of nitrogens with one attached hydrogen (secondary N) is 1. The Bertz CT molecular complexity index is 1380. The van der Waals surface area contributed by atoms with E-state index >= 15 is 0 Å². The zero-order valence-electron chi connectivity index (χ0n) is 20.9. The topological polar surface area (TPSA) is 104 Å². The molecular formula is C27H32FN5O3. The van der Waals surface area contributed by atoms with Crippen LogP contribution in [0.25, 0.3) is 0 Å². The van der Waals surface area contributed by atoms with Gasteiger partial charge in [0.15, 0.2) is 5.69 Å². The fraction of sp³-hybridized carbons (Fsp3) is 0.370. The molecule has 2 aromatic carbocycles. The number of hydrogen-bond acceptors (Lipinski definition) is 5. The summed E-state index contributed by atoms with van der Waals surface area (Å²) in [5, 5.41) is 0. The van der Waals surface area contributed by atoms with Crippen molar-refractivity contribution in [1.29, 1.82) is 0 Å². The van der Waals surface area contributed by atoms with Crippen molar-refractivity contribution in [3.05, 3.63) is 85.8 Å². The lowest BCUT2D eigenvalue weighted by Crippen LogP contribution is -2.47. The summed E-state index contributed by atoms with van der Waals surface area (Å²) in [6.07, 6.45) is 1.53. The van der Waals surface area contributed by atoms with Gasteiger partial charge in [-0.25, -0.2) is 9.18 Å². The van der Waals surface area contributed by atoms with Gasteiger partial charge in [0, 0.05) is 13.1 Å². The maximum absolute atomic E-state index is 14.9. The number of nitrogen functional groups attached to an aromatic ring is 1. The van der Waals surface area contributed by atoms with Crippen molar-refractivity contribution in [2.45, 2.75) is 40.2 Å². The average Bonchev–Trinajstić information content (AvgIpc) is 2.81. The molecule has 0 aliphatic carbocycles. The predicted octanol–water partition coefficient (Wildman–Crippen LogP) is 3.06. The molecule has 0 unspecified atom stereocenters. The highest BCUT2D eigenvalue weighted by Gasteiger charge is 2.29. The minimum atomic E-state index is -0.725. The lowest BCUT2D eigenvalue weighted by atomic mass is 9.99. The number of carbonyl (C=O) groups excluding carboxylic acids is 1. The van der Waals surface area contributed by atoms with Crippen LogP contribution in [0.5, 0.6) is 0 Å². The van der Waals surface area contributed by atoms with E-state index in [1.807, 2.05) is 57.2 Å². The molecule has 3 N–H and O–H groups in total. The van der Waals surface area contributed by atoms with Gasteiger partial charge in [0.2, 0.25) is 5.91 Å². The second-order valence-electron chi connectivity index (χ2n) is 9.74. The van der Waals surface area contributed by atoms with E-state index in [9.17, 15) is 18.8 Å². The number of fused-ring (bicyclic) bond motifs is 1. The monoisotopic (exact) mass is 493 g/mol. The van der Waals surface area contributed by atoms with Gasteiger partial charge in [-0.1, -0.05) is 50.2 Å². The van der Waals surface area contributed by atoms with E-state index in [1.165, 1.54) is 15.5 Å². The number of nitrogens with zero attached hydrogens (tertiary/aromatic N) is 3. The van der Waals surface area contributed by atoms with Crippen LogP contribution in [0.3, 0.4) is 0 Å². The summed E-state index contributed by atoms with van der Waals surface area (Å²) >= 11 is 0. The molecule has 0 atom stereocenters. The zero-order chi connectivity index (χ0) is 26.0. The van der Waals surface area contributed by atoms with Crippen molar-refractivity contribution in [3.63, 3.8) is 0 Å². The minimum absolute atomic E-state index is 0.00952. The molecule has 1 amide bonds. The number of nitrogens with two attached hydrogens (primary N) is 1. The number of anilines is 3. The molecule has 2 heterocycles. The molecule has 1 aliphatic rings. The molecule has 1 aliphatic heterocycles. The van der Waals surface area contributed by atoms with E-state index in [2.05, 4.69) is 4.98 Å². The molecule has 9 heteroatoms. The van der Waals surface area contributed by atoms with Gasteiger partial charge in [-0.3, -0.25) is 19.1 Å². The van der Waals surface area contributed by atoms with E-state index in [1.54, 1.807) is 4.90 Å². The first-order chi connectivity index (χ1) is 17.2. The third-order valence-corrected chi connectivity index (χ3v) is 6.32. The number of rotatable bonds is 7. The first-order valence-corrected chi connectivity index (χ1v) is 12.2. The van der Waals surface area contributed by atoms with E-state index in [0.29, 0.717) is 12.2 Å². The van der Waals surface area contributed by atoms with Crippen LogP contribution in [0.4, 0.5) is 21.6 Å². The van der Waals surface area contributed by atoms with Crippen LogP contribution in [0, 0.1) is 18.7 Å². The fourth-order valence-corrected chi connectivity index (χ4v) is 4.77. The lowest BCUT2D eigenvalue weighted by molar-refractivity contribution is -0.117. The molecule has 0 radical (unpaired) electrons. The van der Waals surface area contributed by atoms with Gasteiger partial charge in [-0.05, 0) is 48.4 Å². The summed E-state index contributed by atoms with van der Waals surface area (Å²) < 4.78 is 16.2. The normalized spacial score (nSPS) is 13.1. The fourth-order valence-electron chi connectivity index (χ4n) is 4.77. The van der Waals surface area contributed by atoms with Crippen molar-refractivity contribution in [3.8, 4) is 0 Å².